The Morgan fingerprint density at radius 1 is 1.32 bits per heavy atom. The fourth-order valence-corrected chi connectivity index (χ4v) is 4.39. The zero-order valence-corrected chi connectivity index (χ0v) is 11.5. The number of hydrogen-bond donors (Lipinski definition) is 1. The Morgan fingerprint density at radius 3 is 3.11 bits per heavy atom. The van der Waals surface area contributed by atoms with Crippen LogP contribution in [0.3, 0.4) is 0 Å². The second kappa shape index (κ2) is 3.89. The van der Waals surface area contributed by atoms with Crippen molar-refractivity contribution in [2.45, 2.75) is 50.2 Å². The molecule has 0 bridgehead atoms. The first-order valence-corrected chi connectivity index (χ1v) is 7.41. The van der Waals surface area contributed by atoms with Crippen molar-refractivity contribution >= 4 is 0 Å². The van der Waals surface area contributed by atoms with E-state index in [0.717, 1.165) is 31.7 Å². The van der Waals surface area contributed by atoms with E-state index < -0.39 is 0 Å². The molecule has 3 nitrogen and oxygen atoms in total. The van der Waals surface area contributed by atoms with Gasteiger partial charge in [0.1, 0.15) is 6.10 Å². The highest BCUT2D eigenvalue weighted by atomic mass is 16.5. The van der Waals surface area contributed by atoms with Gasteiger partial charge < -0.3 is 14.7 Å². The van der Waals surface area contributed by atoms with E-state index >= 15 is 0 Å². The molecule has 3 heteroatoms. The number of hydrogen-bond acceptors (Lipinski definition) is 3. The third-order valence-corrected chi connectivity index (χ3v) is 5.32. The Morgan fingerprint density at radius 2 is 2.21 bits per heavy atom. The molecule has 1 fully saturated rings. The van der Waals surface area contributed by atoms with Crippen molar-refractivity contribution in [3.63, 3.8) is 0 Å². The van der Waals surface area contributed by atoms with Crippen molar-refractivity contribution in [1.82, 2.24) is 4.90 Å². The molecule has 3 aliphatic rings. The van der Waals surface area contributed by atoms with Crippen molar-refractivity contribution in [3.8, 4) is 11.5 Å². The van der Waals surface area contributed by atoms with Crippen molar-refractivity contribution in [1.29, 1.82) is 0 Å². The van der Waals surface area contributed by atoms with Crippen LogP contribution in [-0.2, 0) is 12.0 Å². The summed E-state index contributed by atoms with van der Waals surface area (Å²) in [5, 5.41) is 10.2. The minimum absolute atomic E-state index is 0.173. The van der Waals surface area contributed by atoms with E-state index in [0.29, 0.717) is 5.75 Å². The highest BCUT2D eigenvalue weighted by molar-refractivity contribution is 5.58. The Bertz CT molecular complexity index is 528. The largest absolute Gasteiger partial charge is 0.504 e. The second-order valence-electron chi connectivity index (χ2n) is 6.44. The van der Waals surface area contributed by atoms with E-state index in [1.165, 1.54) is 30.4 Å². The molecule has 1 spiro atoms. The average molecular weight is 259 g/mol. The van der Waals surface area contributed by atoms with Gasteiger partial charge in [-0.2, -0.15) is 0 Å². The monoisotopic (exact) mass is 259 g/mol. The number of ether oxygens (including phenoxy) is 1. The molecular weight excluding hydrogens is 238 g/mol. The van der Waals surface area contributed by atoms with Crippen LogP contribution in [0.5, 0.6) is 11.5 Å². The summed E-state index contributed by atoms with van der Waals surface area (Å²) in [4.78, 5) is 2.39. The first-order chi connectivity index (χ1) is 9.21. The minimum atomic E-state index is 0.173. The van der Waals surface area contributed by atoms with Crippen molar-refractivity contribution in [3.05, 3.63) is 23.3 Å². The summed E-state index contributed by atoms with van der Waals surface area (Å²) in [5.74, 6) is 1.12. The third kappa shape index (κ3) is 1.48. The molecule has 2 atom stereocenters. The third-order valence-electron chi connectivity index (χ3n) is 5.32. The first kappa shape index (κ1) is 11.6. The van der Waals surface area contributed by atoms with Crippen LogP contribution in [0, 0.1) is 0 Å². The SMILES string of the molecule is CN1CC[C@@]23CCCC[C@@H]2Oc2c(O)ccc(c23)C1. The van der Waals surface area contributed by atoms with E-state index in [1.54, 1.807) is 6.07 Å². The van der Waals surface area contributed by atoms with Gasteiger partial charge in [-0.3, -0.25) is 0 Å². The summed E-state index contributed by atoms with van der Waals surface area (Å²) in [7, 11) is 2.19. The fraction of sp³-hybridized carbons (Fsp3) is 0.625. The molecule has 0 radical (unpaired) electrons. The van der Waals surface area contributed by atoms with Crippen LogP contribution in [0.15, 0.2) is 12.1 Å². The zero-order chi connectivity index (χ0) is 13.0. The van der Waals surface area contributed by atoms with Crippen molar-refractivity contribution in [2.24, 2.45) is 0 Å². The zero-order valence-electron chi connectivity index (χ0n) is 11.5. The lowest BCUT2D eigenvalue weighted by Gasteiger charge is -2.38. The predicted octanol–water partition coefficient (Wildman–Crippen LogP) is 2.80. The normalized spacial score (nSPS) is 33.2. The van der Waals surface area contributed by atoms with Crippen LogP contribution in [0.2, 0.25) is 0 Å². The molecule has 19 heavy (non-hydrogen) atoms. The molecule has 102 valence electrons. The lowest BCUT2D eigenvalue weighted by molar-refractivity contribution is 0.0870. The van der Waals surface area contributed by atoms with Gasteiger partial charge in [-0.25, -0.2) is 0 Å². The maximum absolute atomic E-state index is 10.2. The Labute approximate surface area is 114 Å². The first-order valence-electron chi connectivity index (χ1n) is 7.41. The van der Waals surface area contributed by atoms with Crippen LogP contribution in [-0.4, -0.2) is 29.7 Å². The van der Waals surface area contributed by atoms with Crippen molar-refractivity contribution in [2.75, 3.05) is 13.6 Å². The molecule has 0 unspecified atom stereocenters. The smallest absolute Gasteiger partial charge is 0.165 e. The lowest BCUT2D eigenvalue weighted by atomic mass is 9.66. The maximum Gasteiger partial charge on any atom is 0.165 e. The van der Waals surface area contributed by atoms with Crippen LogP contribution in [0.4, 0.5) is 0 Å². The molecule has 1 saturated carbocycles. The fourth-order valence-electron chi connectivity index (χ4n) is 4.39. The van der Waals surface area contributed by atoms with Crippen molar-refractivity contribution < 1.29 is 9.84 Å². The Balaban J connectivity index is 1.95. The molecule has 1 aromatic carbocycles. The number of rotatable bonds is 0. The van der Waals surface area contributed by atoms with Gasteiger partial charge in [-0.05, 0) is 50.9 Å². The van der Waals surface area contributed by atoms with Gasteiger partial charge >= 0.3 is 0 Å². The summed E-state index contributed by atoms with van der Waals surface area (Å²) < 4.78 is 6.18. The number of benzene rings is 1. The molecule has 2 heterocycles. The predicted molar refractivity (Wildman–Crippen MR) is 73.6 cm³/mol. The lowest BCUT2D eigenvalue weighted by Crippen LogP contribution is -2.42. The molecule has 0 saturated heterocycles. The van der Waals surface area contributed by atoms with E-state index in [4.69, 9.17) is 4.74 Å². The Kier molecular flexibility index (Phi) is 2.37. The van der Waals surface area contributed by atoms with Crippen LogP contribution < -0.4 is 4.74 Å². The Hall–Kier alpha value is -1.22. The van der Waals surface area contributed by atoms with Crippen LogP contribution >= 0.6 is 0 Å². The standard InChI is InChI=1S/C16H21NO2/c1-17-9-8-16-7-3-2-4-13(16)19-15-12(18)6-5-11(10-17)14(15)16/h5-6,13,18H,2-4,7-10H2,1H3/t13-,16-/m0/s1. The van der Waals surface area contributed by atoms with Crippen LogP contribution in [0.25, 0.3) is 0 Å². The molecular formula is C16H21NO2. The number of nitrogens with zero attached hydrogens (tertiary/aromatic N) is 1. The van der Waals surface area contributed by atoms with Gasteiger partial charge in [0, 0.05) is 17.5 Å². The van der Waals surface area contributed by atoms with Gasteiger partial charge in [0.15, 0.2) is 11.5 Å². The summed E-state index contributed by atoms with van der Waals surface area (Å²) >= 11 is 0. The molecule has 0 amide bonds. The molecule has 1 N–H and O–H groups in total. The molecule has 1 aliphatic carbocycles. The quantitative estimate of drug-likeness (QED) is 0.777. The highest BCUT2D eigenvalue weighted by Crippen LogP contribution is 2.57. The molecule has 4 rings (SSSR count). The van der Waals surface area contributed by atoms with Gasteiger partial charge in [0.25, 0.3) is 0 Å². The minimum Gasteiger partial charge on any atom is -0.504 e. The summed E-state index contributed by atoms with van der Waals surface area (Å²) in [6, 6.07) is 3.90. The number of aromatic hydroxyl groups is 1. The summed E-state index contributed by atoms with van der Waals surface area (Å²) in [6.45, 7) is 2.09. The molecule has 2 aliphatic heterocycles. The average Bonchev–Trinajstić information content (AvgIpc) is 2.69. The van der Waals surface area contributed by atoms with Gasteiger partial charge in [0.05, 0.1) is 0 Å². The highest BCUT2D eigenvalue weighted by Gasteiger charge is 2.52. The summed E-state index contributed by atoms with van der Waals surface area (Å²) in [6.07, 6.45) is 6.35. The maximum atomic E-state index is 10.2. The summed E-state index contributed by atoms with van der Waals surface area (Å²) in [5.41, 5.74) is 2.87. The van der Waals surface area contributed by atoms with E-state index in [2.05, 4.69) is 18.0 Å². The van der Waals surface area contributed by atoms with E-state index in [9.17, 15) is 5.11 Å². The van der Waals surface area contributed by atoms with E-state index in [-0.39, 0.29) is 11.5 Å². The van der Waals surface area contributed by atoms with Gasteiger partial charge in [-0.15, -0.1) is 0 Å². The number of phenols is 1. The molecule has 0 aromatic heterocycles. The van der Waals surface area contributed by atoms with Gasteiger partial charge in [-0.1, -0.05) is 12.5 Å². The van der Waals surface area contributed by atoms with Crippen LogP contribution in [0.1, 0.15) is 43.2 Å². The molecule has 1 aromatic rings. The number of phenolic OH excluding ortho intramolecular Hbond substituents is 1. The van der Waals surface area contributed by atoms with E-state index in [1.807, 2.05) is 0 Å². The topological polar surface area (TPSA) is 32.7 Å². The van der Waals surface area contributed by atoms with Gasteiger partial charge in [0.2, 0.25) is 0 Å². The second-order valence-corrected chi connectivity index (χ2v) is 6.44.